The molecule has 2 N–H and O–H groups in total. The van der Waals surface area contributed by atoms with Gasteiger partial charge in [-0.05, 0) is 30.7 Å². The van der Waals surface area contributed by atoms with E-state index in [1.54, 1.807) is 29.9 Å². The molecule has 0 radical (unpaired) electrons. The fourth-order valence-corrected chi connectivity index (χ4v) is 2.62. The minimum atomic E-state index is -0.566. The van der Waals surface area contributed by atoms with Gasteiger partial charge in [0.05, 0.1) is 36.5 Å². The number of esters is 2. The minimum Gasteiger partial charge on any atom is -0.463 e. The average molecular weight is 384 g/mol. The van der Waals surface area contributed by atoms with Gasteiger partial charge in [0.25, 0.3) is 0 Å². The Morgan fingerprint density at radius 3 is 2.64 bits per heavy atom. The molecule has 3 rings (SSSR count). The summed E-state index contributed by atoms with van der Waals surface area (Å²) in [5.74, 6) is -1.13. The first-order valence-electron chi connectivity index (χ1n) is 8.74. The van der Waals surface area contributed by atoms with Crippen molar-refractivity contribution in [1.29, 1.82) is 0 Å². The van der Waals surface area contributed by atoms with Crippen LogP contribution in [0.3, 0.4) is 0 Å². The van der Waals surface area contributed by atoms with E-state index in [1.165, 1.54) is 0 Å². The van der Waals surface area contributed by atoms with Gasteiger partial charge < -0.3 is 20.1 Å². The second-order valence-corrected chi connectivity index (χ2v) is 5.96. The van der Waals surface area contributed by atoms with Crippen LogP contribution in [0.2, 0.25) is 0 Å². The molecule has 2 heterocycles. The number of hydrogen-bond acceptors (Lipinski definition) is 6. The van der Waals surface area contributed by atoms with E-state index in [-0.39, 0.29) is 31.0 Å². The number of rotatable bonds is 7. The van der Waals surface area contributed by atoms with Crippen LogP contribution < -0.4 is 10.6 Å². The Hall–Kier alpha value is -3.62. The highest BCUT2D eigenvalue weighted by Crippen LogP contribution is 2.11. The summed E-state index contributed by atoms with van der Waals surface area (Å²) in [6.07, 6.45) is 3.55. The first kappa shape index (κ1) is 19.2. The molecular weight excluding hydrogens is 364 g/mol. The number of nitrogens with one attached hydrogen (secondary N) is 2. The second kappa shape index (κ2) is 8.85. The minimum absolute atomic E-state index is 0.0136. The quantitative estimate of drug-likeness (QED) is 0.695. The summed E-state index contributed by atoms with van der Waals surface area (Å²) in [6.45, 7) is 2.25. The van der Waals surface area contributed by atoms with Gasteiger partial charge in [0.2, 0.25) is 0 Å². The van der Waals surface area contributed by atoms with Crippen molar-refractivity contribution in [2.45, 2.75) is 13.5 Å². The molecule has 0 spiro atoms. The number of aromatic nitrogens is 2. The van der Waals surface area contributed by atoms with Crippen LogP contribution in [-0.4, -0.2) is 47.5 Å². The summed E-state index contributed by atoms with van der Waals surface area (Å²) in [6, 6.07) is 8.31. The molecule has 1 aliphatic heterocycles. The molecule has 0 atom stereocenters. The van der Waals surface area contributed by atoms with Crippen molar-refractivity contribution in [3.63, 3.8) is 0 Å². The lowest BCUT2D eigenvalue weighted by atomic mass is 10.1. The van der Waals surface area contributed by atoms with E-state index in [0.717, 1.165) is 5.56 Å². The van der Waals surface area contributed by atoms with E-state index < -0.39 is 18.0 Å². The largest absolute Gasteiger partial charge is 0.463 e. The van der Waals surface area contributed by atoms with Gasteiger partial charge in [-0.3, -0.25) is 4.68 Å². The number of hydrogen-bond donors (Lipinski definition) is 2. The molecule has 1 aliphatic rings. The summed E-state index contributed by atoms with van der Waals surface area (Å²) in [5.41, 5.74) is 1.79. The summed E-state index contributed by atoms with van der Waals surface area (Å²) in [4.78, 5) is 35.8. The van der Waals surface area contributed by atoms with Crippen molar-refractivity contribution < 1.29 is 23.9 Å². The molecule has 0 fully saturated rings. The van der Waals surface area contributed by atoms with Gasteiger partial charge in [-0.25, -0.2) is 14.4 Å². The third-order valence-electron chi connectivity index (χ3n) is 4.02. The molecule has 0 saturated carbocycles. The number of nitrogens with zero attached hydrogens (tertiary/aromatic N) is 2. The smallest absolute Gasteiger partial charge is 0.338 e. The fourth-order valence-electron chi connectivity index (χ4n) is 2.62. The number of benzene rings is 1. The number of carbonyl (C=O) groups excluding carboxylic acids is 3. The Labute approximate surface area is 161 Å². The predicted octanol–water partition coefficient (Wildman–Crippen LogP) is 1.22. The Balaban J connectivity index is 1.63. The Morgan fingerprint density at radius 1 is 1.18 bits per heavy atom. The maximum atomic E-state index is 12.3. The SMILES string of the molecule is CCOC(=O)C1=C(COC(=O)c2ccc(Cn3cccn3)cc2)NC(=O)NC1. The van der Waals surface area contributed by atoms with Crippen molar-refractivity contribution in [2.75, 3.05) is 19.8 Å². The lowest BCUT2D eigenvalue weighted by Gasteiger charge is -2.21. The molecular formula is C19H20N4O5. The third kappa shape index (κ3) is 4.76. The van der Waals surface area contributed by atoms with Crippen molar-refractivity contribution in [3.05, 3.63) is 65.1 Å². The van der Waals surface area contributed by atoms with Crippen molar-refractivity contribution >= 4 is 18.0 Å². The van der Waals surface area contributed by atoms with E-state index in [9.17, 15) is 14.4 Å². The average Bonchev–Trinajstić information content (AvgIpc) is 3.20. The molecule has 2 aromatic rings. The first-order valence-corrected chi connectivity index (χ1v) is 8.74. The van der Waals surface area contributed by atoms with Crippen LogP contribution in [0.25, 0.3) is 0 Å². The first-order chi connectivity index (χ1) is 13.6. The van der Waals surface area contributed by atoms with Gasteiger partial charge in [-0.1, -0.05) is 12.1 Å². The molecule has 2 amide bonds. The third-order valence-corrected chi connectivity index (χ3v) is 4.02. The lowest BCUT2D eigenvalue weighted by molar-refractivity contribution is -0.138. The van der Waals surface area contributed by atoms with E-state index >= 15 is 0 Å². The zero-order valence-corrected chi connectivity index (χ0v) is 15.3. The highest BCUT2D eigenvalue weighted by Gasteiger charge is 2.24. The highest BCUT2D eigenvalue weighted by atomic mass is 16.5. The number of ether oxygens (including phenoxy) is 2. The number of urea groups is 1. The maximum Gasteiger partial charge on any atom is 0.338 e. The lowest BCUT2D eigenvalue weighted by Crippen LogP contribution is -2.45. The van der Waals surface area contributed by atoms with Crippen molar-refractivity contribution in [1.82, 2.24) is 20.4 Å². The van der Waals surface area contributed by atoms with E-state index in [1.807, 2.05) is 24.4 Å². The molecule has 0 bridgehead atoms. The molecule has 146 valence electrons. The van der Waals surface area contributed by atoms with Gasteiger partial charge in [0.15, 0.2) is 0 Å². The van der Waals surface area contributed by atoms with Gasteiger partial charge in [-0.2, -0.15) is 5.10 Å². The van der Waals surface area contributed by atoms with Crippen molar-refractivity contribution in [3.8, 4) is 0 Å². The standard InChI is InChI=1S/C19H20N4O5/c1-2-27-18(25)15-10-20-19(26)22-16(15)12-28-17(24)14-6-4-13(5-7-14)11-23-9-3-8-21-23/h3-9H,2,10-12H2,1H3,(H2,20,22,26). The van der Waals surface area contributed by atoms with Gasteiger partial charge in [0.1, 0.15) is 6.61 Å². The second-order valence-electron chi connectivity index (χ2n) is 5.96. The van der Waals surface area contributed by atoms with Crippen molar-refractivity contribution in [2.24, 2.45) is 0 Å². The van der Waals surface area contributed by atoms with Crippen LogP contribution in [0, 0.1) is 0 Å². The molecule has 28 heavy (non-hydrogen) atoms. The summed E-state index contributed by atoms with van der Waals surface area (Å²) >= 11 is 0. The van der Waals surface area contributed by atoms with Crippen LogP contribution >= 0.6 is 0 Å². The van der Waals surface area contributed by atoms with E-state index in [2.05, 4.69) is 15.7 Å². The summed E-state index contributed by atoms with van der Waals surface area (Å²) in [7, 11) is 0. The fraction of sp³-hybridized carbons (Fsp3) is 0.263. The Morgan fingerprint density at radius 2 is 1.96 bits per heavy atom. The molecule has 0 unspecified atom stereocenters. The zero-order valence-electron chi connectivity index (χ0n) is 15.3. The normalized spacial score (nSPS) is 13.5. The number of carbonyl (C=O) groups is 3. The molecule has 1 aromatic heterocycles. The van der Waals surface area contributed by atoms with Crippen LogP contribution in [0.4, 0.5) is 4.79 Å². The van der Waals surface area contributed by atoms with Gasteiger partial charge >= 0.3 is 18.0 Å². The summed E-state index contributed by atoms with van der Waals surface area (Å²) < 4.78 is 12.0. The van der Waals surface area contributed by atoms with Crippen LogP contribution in [0.5, 0.6) is 0 Å². The molecule has 1 aromatic carbocycles. The van der Waals surface area contributed by atoms with Gasteiger partial charge in [0, 0.05) is 12.4 Å². The predicted molar refractivity (Wildman–Crippen MR) is 98.2 cm³/mol. The monoisotopic (exact) mass is 384 g/mol. The Kier molecular flexibility index (Phi) is 6.05. The highest BCUT2D eigenvalue weighted by molar-refractivity contribution is 5.94. The van der Waals surface area contributed by atoms with E-state index in [0.29, 0.717) is 12.1 Å². The molecule has 9 nitrogen and oxygen atoms in total. The molecule has 0 aliphatic carbocycles. The molecule has 0 saturated heterocycles. The Bertz CT molecular complexity index is 888. The topological polar surface area (TPSA) is 112 Å². The van der Waals surface area contributed by atoms with Gasteiger partial charge in [-0.15, -0.1) is 0 Å². The molecule has 9 heteroatoms. The van der Waals surface area contributed by atoms with E-state index in [4.69, 9.17) is 9.47 Å². The summed E-state index contributed by atoms with van der Waals surface area (Å²) in [5, 5.41) is 9.11. The van der Waals surface area contributed by atoms with Crippen LogP contribution in [0.1, 0.15) is 22.8 Å². The van der Waals surface area contributed by atoms with Crippen LogP contribution in [0.15, 0.2) is 54.0 Å². The number of amides is 2. The maximum absolute atomic E-state index is 12.3. The zero-order chi connectivity index (χ0) is 19.9. The van der Waals surface area contributed by atoms with Crippen LogP contribution in [-0.2, 0) is 20.8 Å².